The molecule has 2 N–H and O–H groups in total. The molecule has 0 saturated heterocycles. The lowest BCUT2D eigenvalue weighted by Gasteiger charge is -2.28. The number of methoxy groups -OCH3 is 1. The van der Waals surface area contributed by atoms with Crippen molar-refractivity contribution in [1.82, 2.24) is 5.32 Å². The van der Waals surface area contributed by atoms with E-state index in [0.29, 0.717) is 18.6 Å². The molecule has 1 aromatic carbocycles. The topological polar surface area (TPSA) is 84.9 Å². The van der Waals surface area contributed by atoms with Crippen LogP contribution in [0.2, 0.25) is 0 Å². The summed E-state index contributed by atoms with van der Waals surface area (Å²) in [6.45, 7) is 1.73. The van der Waals surface area contributed by atoms with Crippen LogP contribution in [-0.4, -0.2) is 37.1 Å². The Morgan fingerprint density at radius 1 is 1.55 bits per heavy atom. The maximum atomic E-state index is 11.6. The van der Waals surface area contributed by atoms with Crippen molar-refractivity contribution in [2.45, 2.75) is 25.7 Å². The highest BCUT2D eigenvalue weighted by Gasteiger charge is 2.37. The summed E-state index contributed by atoms with van der Waals surface area (Å²) in [4.78, 5) is 23.1. The molecule has 1 heterocycles. The number of carbonyl (C=O) groups excluding carboxylic acids is 2. The Kier molecular flexibility index (Phi) is 4.29. The minimum absolute atomic E-state index is 0.162. The number of benzene rings is 1. The van der Waals surface area contributed by atoms with Gasteiger partial charge in [0, 0.05) is 6.42 Å². The van der Waals surface area contributed by atoms with Crippen molar-refractivity contribution in [1.29, 1.82) is 0 Å². The first-order valence-corrected chi connectivity index (χ1v) is 6.41. The van der Waals surface area contributed by atoms with E-state index in [0.717, 1.165) is 5.56 Å². The van der Waals surface area contributed by atoms with Crippen molar-refractivity contribution in [3.05, 3.63) is 29.3 Å². The number of carbonyl (C=O) groups is 2. The van der Waals surface area contributed by atoms with Crippen LogP contribution in [0.3, 0.4) is 0 Å². The summed E-state index contributed by atoms with van der Waals surface area (Å²) in [6, 6.07) is 5.08. The highest BCUT2D eigenvalue weighted by atomic mass is 16.5. The standard InChI is InChI=1S/C13H16BNO5/c1-3-11(16)15-10-7-8-5-4-6-9(13(17)19-2)12(8)20-14(10)18/h4-6,10,18H,3,7H2,1-2H3,(H,15,16)/t10-/m0/s1. The molecule has 1 aromatic rings. The van der Waals surface area contributed by atoms with E-state index in [1.807, 2.05) is 0 Å². The molecular weight excluding hydrogens is 261 g/mol. The van der Waals surface area contributed by atoms with Gasteiger partial charge in [0.15, 0.2) is 0 Å². The number of esters is 1. The van der Waals surface area contributed by atoms with Crippen molar-refractivity contribution >= 4 is 19.0 Å². The molecule has 1 aliphatic rings. The lowest BCUT2D eigenvalue weighted by molar-refractivity contribution is -0.121. The fraction of sp³-hybridized carbons (Fsp3) is 0.385. The van der Waals surface area contributed by atoms with Crippen molar-refractivity contribution in [3.8, 4) is 5.75 Å². The molecule has 0 fully saturated rings. The summed E-state index contributed by atoms with van der Waals surface area (Å²) < 4.78 is 10.1. The molecule has 0 saturated carbocycles. The summed E-state index contributed by atoms with van der Waals surface area (Å²) >= 11 is 0. The first-order valence-electron chi connectivity index (χ1n) is 6.41. The molecule has 2 rings (SSSR count). The molecule has 7 heteroatoms. The maximum absolute atomic E-state index is 11.6. The lowest BCUT2D eigenvalue weighted by Crippen LogP contribution is -2.53. The van der Waals surface area contributed by atoms with Crippen LogP contribution in [0.5, 0.6) is 5.75 Å². The molecular formula is C13H16BNO5. The first kappa shape index (κ1) is 14.4. The fourth-order valence-electron chi connectivity index (χ4n) is 2.13. The van der Waals surface area contributed by atoms with E-state index in [1.54, 1.807) is 25.1 Å². The monoisotopic (exact) mass is 277 g/mol. The van der Waals surface area contributed by atoms with E-state index in [4.69, 9.17) is 4.65 Å². The van der Waals surface area contributed by atoms with E-state index in [9.17, 15) is 14.6 Å². The van der Waals surface area contributed by atoms with Crippen LogP contribution in [0.1, 0.15) is 29.3 Å². The SMILES string of the molecule is CCC(=O)N[C@H]1Cc2cccc(C(=O)OC)c2OB1O. The van der Waals surface area contributed by atoms with E-state index < -0.39 is 19.0 Å². The molecule has 1 aliphatic heterocycles. The zero-order valence-corrected chi connectivity index (χ0v) is 11.4. The molecule has 0 radical (unpaired) electrons. The summed E-state index contributed by atoms with van der Waals surface area (Å²) in [7, 11) is 0.0921. The van der Waals surface area contributed by atoms with Crippen LogP contribution in [0, 0.1) is 0 Å². The summed E-state index contributed by atoms with van der Waals surface area (Å²) in [5, 5.41) is 12.6. The second-order valence-electron chi connectivity index (χ2n) is 4.53. The third kappa shape index (κ3) is 2.77. The average molecular weight is 277 g/mol. The van der Waals surface area contributed by atoms with Crippen LogP contribution in [0.15, 0.2) is 18.2 Å². The normalized spacial score (nSPS) is 16.9. The molecule has 0 aliphatic carbocycles. The van der Waals surface area contributed by atoms with Gasteiger partial charge in [-0.15, -0.1) is 0 Å². The summed E-state index contributed by atoms with van der Waals surface area (Å²) in [5.41, 5.74) is 1.02. The highest BCUT2D eigenvalue weighted by Crippen LogP contribution is 2.30. The Balaban J connectivity index is 2.27. The third-order valence-electron chi connectivity index (χ3n) is 3.19. The van der Waals surface area contributed by atoms with Crippen LogP contribution < -0.4 is 9.97 Å². The molecule has 6 nitrogen and oxygen atoms in total. The number of fused-ring (bicyclic) bond motifs is 1. The minimum atomic E-state index is -1.19. The van der Waals surface area contributed by atoms with Gasteiger partial charge in [0.2, 0.25) is 5.91 Å². The number of ether oxygens (including phenoxy) is 1. The Morgan fingerprint density at radius 3 is 2.95 bits per heavy atom. The second kappa shape index (κ2) is 5.96. The van der Waals surface area contributed by atoms with E-state index >= 15 is 0 Å². The molecule has 0 unspecified atom stereocenters. The third-order valence-corrected chi connectivity index (χ3v) is 3.19. The molecule has 0 bridgehead atoms. The zero-order valence-electron chi connectivity index (χ0n) is 11.4. The van der Waals surface area contributed by atoms with Gasteiger partial charge in [-0.05, 0) is 18.1 Å². The predicted octanol–water partition coefficient (Wildman–Crippen LogP) is 0.323. The Bertz CT molecular complexity index is 533. The molecule has 0 aromatic heterocycles. The zero-order chi connectivity index (χ0) is 14.7. The van der Waals surface area contributed by atoms with Crippen molar-refractivity contribution in [2.75, 3.05) is 7.11 Å². The van der Waals surface area contributed by atoms with Gasteiger partial charge < -0.3 is 19.7 Å². The summed E-state index contributed by atoms with van der Waals surface area (Å²) in [5.74, 6) is -0.896. The number of amides is 1. The molecule has 1 amide bonds. The Morgan fingerprint density at radius 2 is 2.30 bits per heavy atom. The highest BCUT2D eigenvalue weighted by molar-refractivity contribution is 6.47. The lowest BCUT2D eigenvalue weighted by atomic mass is 9.72. The second-order valence-corrected chi connectivity index (χ2v) is 4.53. The predicted molar refractivity (Wildman–Crippen MR) is 72.3 cm³/mol. The van der Waals surface area contributed by atoms with Crippen LogP contribution >= 0.6 is 0 Å². The van der Waals surface area contributed by atoms with Gasteiger partial charge in [-0.1, -0.05) is 19.1 Å². The van der Waals surface area contributed by atoms with Gasteiger partial charge in [0.1, 0.15) is 11.3 Å². The van der Waals surface area contributed by atoms with Gasteiger partial charge in [0.05, 0.1) is 13.1 Å². The Hall–Kier alpha value is -2.02. The molecule has 20 heavy (non-hydrogen) atoms. The van der Waals surface area contributed by atoms with Crippen molar-refractivity contribution in [3.63, 3.8) is 0 Å². The maximum Gasteiger partial charge on any atom is 0.547 e. The number of rotatable bonds is 3. The first-order chi connectivity index (χ1) is 9.56. The number of para-hydroxylation sites is 1. The minimum Gasteiger partial charge on any atom is -0.534 e. The van der Waals surface area contributed by atoms with Crippen molar-refractivity contribution < 1.29 is 24.0 Å². The van der Waals surface area contributed by atoms with Gasteiger partial charge in [-0.3, -0.25) is 4.79 Å². The fourth-order valence-corrected chi connectivity index (χ4v) is 2.13. The summed E-state index contributed by atoms with van der Waals surface area (Å²) in [6.07, 6.45) is 0.728. The van der Waals surface area contributed by atoms with E-state index in [1.165, 1.54) is 7.11 Å². The number of hydrogen-bond acceptors (Lipinski definition) is 5. The van der Waals surface area contributed by atoms with Crippen LogP contribution in [0.4, 0.5) is 0 Å². The largest absolute Gasteiger partial charge is 0.547 e. The van der Waals surface area contributed by atoms with Gasteiger partial charge in [0.25, 0.3) is 0 Å². The number of hydrogen-bond donors (Lipinski definition) is 2. The van der Waals surface area contributed by atoms with Gasteiger partial charge in [-0.2, -0.15) is 0 Å². The van der Waals surface area contributed by atoms with Crippen molar-refractivity contribution in [2.24, 2.45) is 0 Å². The van der Waals surface area contributed by atoms with E-state index in [-0.39, 0.29) is 11.5 Å². The van der Waals surface area contributed by atoms with Crippen LogP contribution in [0.25, 0.3) is 0 Å². The smallest absolute Gasteiger partial charge is 0.534 e. The van der Waals surface area contributed by atoms with E-state index in [2.05, 4.69) is 10.1 Å². The van der Waals surface area contributed by atoms with Crippen LogP contribution in [-0.2, 0) is 16.0 Å². The Labute approximate surface area is 117 Å². The van der Waals surface area contributed by atoms with Gasteiger partial charge in [-0.25, -0.2) is 4.79 Å². The average Bonchev–Trinajstić information content (AvgIpc) is 2.46. The quantitative estimate of drug-likeness (QED) is 0.614. The van der Waals surface area contributed by atoms with Gasteiger partial charge >= 0.3 is 13.1 Å². The molecule has 0 spiro atoms. The molecule has 106 valence electrons. The number of nitrogens with one attached hydrogen (secondary N) is 1. The molecule has 1 atom stereocenters.